The van der Waals surface area contributed by atoms with E-state index in [1.807, 2.05) is 6.92 Å². The molecule has 0 radical (unpaired) electrons. The maximum atomic E-state index is 12.8. The molecule has 0 spiro atoms. The van der Waals surface area contributed by atoms with Gasteiger partial charge in [-0.3, -0.25) is 9.69 Å². The van der Waals surface area contributed by atoms with Crippen LogP contribution in [0, 0.1) is 5.82 Å². The van der Waals surface area contributed by atoms with Crippen LogP contribution in [0.5, 0.6) is 0 Å². The Morgan fingerprint density at radius 2 is 2.14 bits per heavy atom. The molecule has 1 aromatic rings. The van der Waals surface area contributed by atoms with E-state index in [4.69, 9.17) is 4.74 Å². The number of nitrogens with zero attached hydrogens (tertiary/aromatic N) is 1. The van der Waals surface area contributed by atoms with Crippen molar-refractivity contribution in [3.63, 3.8) is 0 Å². The van der Waals surface area contributed by atoms with Crippen LogP contribution in [-0.4, -0.2) is 42.4 Å². The summed E-state index contributed by atoms with van der Waals surface area (Å²) in [6.07, 6.45) is 3.11. The van der Waals surface area contributed by atoms with E-state index in [1.165, 1.54) is 12.1 Å². The van der Waals surface area contributed by atoms with Gasteiger partial charge in [0.05, 0.1) is 6.61 Å². The Bertz CT molecular complexity index is 452. The Morgan fingerprint density at radius 3 is 2.86 bits per heavy atom. The highest BCUT2D eigenvalue weighted by atomic mass is 32.2. The van der Waals surface area contributed by atoms with Gasteiger partial charge in [0.1, 0.15) is 11.9 Å². The second kappa shape index (κ2) is 8.39. The average molecular weight is 311 g/mol. The molecule has 1 unspecified atom stereocenters. The van der Waals surface area contributed by atoms with Crippen LogP contribution >= 0.6 is 11.8 Å². The molecule has 5 heteroatoms. The summed E-state index contributed by atoms with van der Waals surface area (Å²) in [4.78, 5) is 15.2. The molecule has 1 aromatic carbocycles. The molecule has 1 saturated heterocycles. The number of halogens is 1. The van der Waals surface area contributed by atoms with E-state index in [-0.39, 0.29) is 17.8 Å². The summed E-state index contributed by atoms with van der Waals surface area (Å²) < 4.78 is 18.0. The van der Waals surface area contributed by atoms with E-state index in [0.29, 0.717) is 6.61 Å². The number of piperidine rings is 1. The van der Waals surface area contributed by atoms with Gasteiger partial charge in [0.15, 0.2) is 0 Å². The number of carbonyl (C=O) groups excluding carboxylic acids is 1. The van der Waals surface area contributed by atoms with E-state index >= 15 is 0 Å². The highest BCUT2D eigenvalue weighted by molar-refractivity contribution is 7.99. The van der Waals surface area contributed by atoms with Crippen molar-refractivity contribution < 1.29 is 13.9 Å². The number of carbonyl (C=O) groups is 1. The molecule has 116 valence electrons. The molecular formula is C16H22FNO2S. The van der Waals surface area contributed by atoms with Crippen LogP contribution in [-0.2, 0) is 9.53 Å². The van der Waals surface area contributed by atoms with E-state index in [0.717, 1.165) is 43.0 Å². The fourth-order valence-corrected chi connectivity index (χ4v) is 3.47. The third-order valence-electron chi connectivity index (χ3n) is 3.63. The van der Waals surface area contributed by atoms with Crippen molar-refractivity contribution in [2.45, 2.75) is 37.1 Å². The molecule has 0 aromatic heterocycles. The standard InChI is InChI=1S/C16H22FNO2S/c1-2-20-16(19)15-5-3-4-10-18(15)11-12-21-14-8-6-13(17)7-9-14/h6-9,15H,2-5,10-12H2,1H3. The van der Waals surface area contributed by atoms with E-state index < -0.39 is 0 Å². The molecule has 1 atom stereocenters. The molecular weight excluding hydrogens is 289 g/mol. The summed E-state index contributed by atoms with van der Waals surface area (Å²) in [6.45, 7) is 4.09. The lowest BCUT2D eigenvalue weighted by Gasteiger charge is -2.33. The van der Waals surface area contributed by atoms with Gasteiger partial charge in [-0.05, 0) is 50.6 Å². The number of benzene rings is 1. The molecule has 21 heavy (non-hydrogen) atoms. The summed E-state index contributed by atoms with van der Waals surface area (Å²) in [5.74, 6) is 0.586. The molecule has 0 bridgehead atoms. The number of esters is 1. The van der Waals surface area contributed by atoms with Gasteiger partial charge in [-0.2, -0.15) is 0 Å². The Balaban J connectivity index is 1.82. The topological polar surface area (TPSA) is 29.5 Å². The smallest absolute Gasteiger partial charge is 0.323 e. The van der Waals surface area contributed by atoms with E-state index in [2.05, 4.69) is 4.90 Å². The first-order valence-corrected chi connectivity index (χ1v) is 8.48. The minimum absolute atomic E-state index is 0.0903. The molecule has 3 nitrogen and oxygen atoms in total. The minimum atomic E-state index is -0.210. The van der Waals surface area contributed by atoms with E-state index in [1.54, 1.807) is 23.9 Å². The number of thioether (sulfide) groups is 1. The summed E-state index contributed by atoms with van der Waals surface area (Å²) in [6, 6.07) is 6.44. The maximum absolute atomic E-state index is 12.8. The number of rotatable bonds is 6. The molecule has 1 heterocycles. The van der Waals surface area contributed by atoms with Crippen LogP contribution in [0.4, 0.5) is 4.39 Å². The van der Waals surface area contributed by atoms with Crippen molar-refractivity contribution in [2.75, 3.05) is 25.4 Å². The molecule has 0 amide bonds. The highest BCUT2D eigenvalue weighted by Gasteiger charge is 2.29. The lowest BCUT2D eigenvalue weighted by atomic mass is 10.0. The third kappa shape index (κ3) is 5.00. The van der Waals surface area contributed by atoms with Crippen molar-refractivity contribution in [1.29, 1.82) is 0 Å². The predicted molar refractivity (Wildman–Crippen MR) is 83.0 cm³/mol. The lowest BCUT2D eigenvalue weighted by molar-refractivity contribution is -0.150. The molecule has 0 aliphatic carbocycles. The molecule has 0 N–H and O–H groups in total. The largest absolute Gasteiger partial charge is 0.465 e. The van der Waals surface area contributed by atoms with Gasteiger partial charge in [0.2, 0.25) is 0 Å². The van der Waals surface area contributed by atoms with Gasteiger partial charge in [-0.15, -0.1) is 11.8 Å². The van der Waals surface area contributed by atoms with Gasteiger partial charge < -0.3 is 4.74 Å². The average Bonchev–Trinajstić information content (AvgIpc) is 2.50. The van der Waals surface area contributed by atoms with E-state index in [9.17, 15) is 9.18 Å². The van der Waals surface area contributed by atoms with Crippen LogP contribution < -0.4 is 0 Å². The van der Waals surface area contributed by atoms with Crippen LogP contribution in [0.15, 0.2) is 29.2 Å². The van der Waals surface area contributed by atoms with Gasteiger partial charge in [0.25, 0.3) is 0 Å². The zero-order valence-electron chi connectivity index (χ0n) is 12.4. The fraction of sp³-hybridized carbons (Fsp3) is 0.562. The van der Waals surface area contributed by atoms with Gasteiger partial charge in [-0.1, -0.05) is 6.42 Å². The molecule has 0 saturated carbocycles. The summed E-state index contributed by atoms with van der Waals surface area (Å²) >= 11 is 1.69. The Kier molecular flexibility index (Phi) is 6.51. The monoisotopic (exact) mass is 311 g/mol. The quantitative estimate of drug-likeness (QED) is 0.595. The number of hydrogen-bond donors (Lipinski definition) is 0. The van der Waals surface area contributed by atoms with Crippen LogP contribution in [0.2, 0.25) is 0 Å². The summed E-state index contributed by atoms with van der Waals surface area (Å²) in [5.41, 5.74) is 0. The maximum Gasteiger partial charge on any atom is 0.323 e. The lowest BCUT2D eigenvalue weighted by Crippen LogP contribution is -2.46. The molecule has 1 fully saturated rings. The van der Waals surface area contributed by atoms with Crippen molar-refractivity contribution in [3.8, 4) is 0 Å². The van der Waals surface area contributed by atoms with Crippen molar-refractivity contribution >= 4 is 17.7 Å². The normalized spacial score (nSPS) is 19.4. The second-order valence-electron chi connectivity index (χ2n) is 5.10. The highest BCUT2D eigenvalue weighted by Crippen LogP contribution is 2.22. The predicted octanol–water partition coefficient (Wildman–Crippen LogP) is 3.34. The summed E-state index contributed by atoms with van der Waals surface area (Å²) in [7, 11) is 0. The third-order valence-corrected chi connectivity index (χ3v) is 4.63. The van der Waals surface area contributed by atoms with Gasteiger partial charge >= 0.3 is 5.97 Å². The minimum Gasteiger partial charge on any atom is -0.465 e. The summed E-state index contributed by atoms with van der Waals surface area (Å²) in [5, 5.41) is 0. The first kappa shape index (κ1) is 16.3. The number of likely N-dealkylation sites (tertiary alicyclic amines) is 1. The van der Waals surface area contributed by atoms with Crippen molar-refractivity contribution in [3.05, 3.63) is 30.1 Å². The van der Waals surface area contributed by atoms with Crippen LogP contribution in [0.1, 0.15) is 26.2 Å². The molecule has 2 rings (SSSR count). The van der Waals surface area contributed by atoms with Crippen molar-refractivity contribution in [1.82, 2.24) is 4.90 Å². The Labute approximate surface area is 129 Å². The zero-order valence-corrected chi connectivity index (χ0v) is 13.2. The van der Waals surface area contributed by atoms with Crippen LogP contribution in [0.25, 0.3) is 0 Å². The van der Waals surface area contributed by atoms with Gasteiger partial charge in [-0.25, -0.2) is 4.39 Å². The fourth-order valence-electron chi connectivity index (χ4n) is 2.58. The Morgan fingerprint density at radius 1 is 1.38 bits per heavy atom. The second-order valence-corrected chi connectivity index (χ2v) is 6.27. The first-order chi connectivity index (χ1) is 10.2. The number of hydrogen-bond acceptors (Lipinski definition) is 4. The van der Waals surface area contributed by atoms with Crippen LogP contribution in [0.3, 0.4) is 0 Å². The molecule has 1 aliphatic heterocycles. The van der Waals surface area contributed by atoms with Gasteiger partial charge in [0, 0.05) is 17.2 Å². The van der Waals surface area contributed by atoms with Crippen molar-refractivity contribution in [2.24, 2.45) is 0 Å². The molecule has 1 aliphatic rings. The SMILES string of the molecule is CCOC(=O)C1CCCCN1CCSc1ccc(F)cc1. The Hall–Kier alpha value is -1.07. The number of ether oxygens (including phenoxy) is 1. The zero-order chi connectivity index (χ0) is 15.1. The first-order valence-electron chi connectivity index (χ1n) is 7.49.